The molecule has 1 fully saturated rings. The summed E-state index contributed by atoms with van der Waals surface area (Å²) in [4.78, 5) is 0. The number of ether oxygens (including phenoxy) is 2. The number of benzene rings is 1. The van der Waals surface area contributed by atoms with Crippen molar-refractivity contribution in [2.75, 3.05) is 25.2 Å². The molecule has 20 heavy (non-hydrogen) atoms. The van der Waals surface area contributed by atoms with Crippen LogP contribution in [0, 0.1) is 0 Å². The van der Waals surface area contributed by atoms with E-state index in [2.05, 4.69) is 6.92 Å². The summed E-state index contributed by atoms with van der Waals surface area (Å²) in [6, 6.07) is 5.75. The predicted octanol–water partition coefficient (Wildman–Crippen LogP) is 1.32. The van der Waals surface area contributed by atoms with E-state index in [1.807, 2.05) is 18.2 Å². The van der Waals surface area contributed by atoms with Crippen molar-refractivity contribution >= 4 is 9.84 Å². The highest BCUT2D eigenvalue weighted by molar-refractivity contribution is 7.92. The molecular formula is C14H21NO4S. The zero-order valence-electron chi connectivity index (χ0n) is 11.8. The molecule has 0 saturated carbocycles. The van der Waals surface area contributed by atoms with Crippen LogP contribution in [0.15, 0.2) is 18.2 Å². The Bertz CT molecular complexity index is 559. The first kappa shape index (κ1) is 15.1. The second-order valence-electron chi connectivity index (χ2n) is 5.21. The molecule has 1 heterocycles. The van der Waals surface area contributed by atoms with Crippen LogP contribution in [0.5, 0.6) is 11.5 Å². The highest BCUT2D eigenvalue weighted by atomic mass is 32.2. The molecule has 0 radical (unpaired) electrons. The van der Waals surface area contributed by atoms with Crippen molar-refractivity contribution in [2.24, 2.45) is 5.73 Å². The number of nitrogens with two attached hydrogens (primary N) is 1. The Balaban J connectivity index is 2.10. The van der Waals surface area contributed by atoms with E-state index in [4.69, 9.17) is 15.2 Å². The van der Waals surface area contributed by atoms with Gasteiger partial charge in [-0.05, 0) is 36.6 Å². The quantitative estimate of drug-likeness (QED) is 0.857. The van der Waals surface area contributed by atoms with E-state index >= 15 is 0 Å². The molecule has 1 aliphatic heterocycles. The second-order valence-corrected chi connectivity index (χ2v) is 7.36. The molecule has 0 bridgehead atoms. The molecule has 0 aliphatic carbocycles. The van der Waals surface area contributed by atoms with Gasteiger partial charge in [-0.2, -0.15) is 0 Å². The first-order chi connectivity index (χ1) is 9.45. The van der Waals surface area contributed by atoms with Crippen LogP contribution >= 0.6 is 0 Å². The third-order valence-electron chi connectivity index (χ3n) is 3.53. The summed E-state index contributed by atoms with van der Waals surface area (Å²) in [5.74, 6) is 1.75. The molecule has 1 atom stereocenters. The molecule has 1 unspecified atom stereocenters. The third-order valence-corrected chi connectivity index (χ3v) is 5.29. The van der Waals surface area contributed by atoms with E-state index in [1.165, 1.54) is 0 Å². The summed E-state index contributed by atoms with van der Waals surface area (Å²) in [7, 11) is -1.30. The van der Waals surface area contributed by atoms with Gasteiger partial charge in [0.25, 0.3) is 0 Å². The minimum Gasteiger partial charge on any atom is -0.493 e. The summed E-state index contributed by atoms with van der Waals surface area (Å²) in [6.07, 6.45) is 0.644. The van der Waals surface area contributed by atoms with Crippen molar-refractivity contribution in [1.82, 2.24) is 0 Å². The van der Waals surface area contributed by atoms with Gasteiger partial charge in [0, 0.05) is 0 Å². The van der Waals surface area contributed by atoms with Crippen molar-refractivity contribution in [3.05, 3.63) is 23.8 Å². The molecule has 0 amide bonds. The minimum atomic E-state index is -2.88. The van der Waals surface area contributed by atoms with Gasteiger partial charge in [-0.3, -0.25) is 0 Å². The smallest absolute Gasteiger partial charge is 0.161 e. The van der Waals surface area contributed by atoms with Gasteiger partial charge in [-0.15, -0.1) is 0 Å². The Labute approximate surface area is 120 Å². The average Bonchev–Trinajstić information content (AvgIpc) is 2.37. The van der Waals surface area contributed by atoms with Crippen molar-refractivity contribution in [2.45, 2.75) is 25.4 Å². The zero-order valence-corrected chi connectivity index (χ0v) is 12.7. The van der Waals surface area contributed by atoms with E-state index in [0.717, 1.165) is 12.0 Å². The monoisotopic (exact) mass is 299 g/mol. The highest BCUT2D eigenvalue weighted by Gasteiger charge is 2.35. The molecule has 1 aliphatic rings. The lowest BCUT2D eigenvalue weighted by Gasteiger charge is -2.27. The summed E-state index contributed by atoms with van der Waals surface area (Å²) in [6.45, 7) is 2.75. The van der Waals surface area contributed by atoms with Crippen LogP contribution in [0.4, 0.5) is 0 Å². The third kappa shape index (κ3) is 3.43. The van der Waals surface area contributed by atoms with Crippen molar-refractivity contribution in [3.8, 4) is 11.5 Å². The largest absolute Gasteiger partial charge is 0.493 e. The lowest BCUT2D eigenvalue weighted by molar-refractivity contribution is 0.219. The summed E-state index contributed by atoms with van der Waals surface area (Å²) >= 11 is 0. The maximum Gasteiger partial charge on any atom is 0.161 e. The van der Waals surface area contributed by atoms with Gasteiger partial charge in [0.05, 0.1) is 18.6 Å². The Morgan fingerprint density at radius 3 is 2.60 bits per heavy atom. The van der Waals surface area contributed by atoms with E-state index in [-0.39, 0.29) is 17.6 Å². The first-order valence-corrected chi connectivity index (χ1v) is 8.52. The molecule has 2 N–H and O–H groups in total. The molecule has 112 valence electrons. The topological polar surface area (TPSA) is 78.6 Å². The molecule has 1 saturated heterocycles. The summed E-state index contributed by atoms with van der Waals surface area (Å²) in [5, 5.41) is 0. The van der Waals surface area contributed by atoms with Crippen LogP contribution < -0.4 is 15.2 Å². The van der Waals surface area contributed by atoms with Crippen LogP contribution in [0.1, 0.15) is 24.8 Å². The molecule has 0 spiro atoms. The fraction of sp³-hybridized carbons (Fsp3) is 0.571. The lowest BCUT2D eigenvalue weighted by Crippen LogP contribution is -2.45. The van der Waals surface area contributed by atoms with Crippen LogP contribution in [0.25, 0.3) is 0 Å². The SMILES string of the molecule is COc1cc(C(C)CCN)ccc1OC1CS(=O)(=O)C1. The van der Waals surface area contributed by atoms with Crippen molar-refractivity contribution < 1.29 is 17.9 Å². The number of sulfone groups is 1. The number of rotatable bonds is 6. The van der Waals surface area contributed by atoms with Gasteiger partial charge >= 0.3 is 0 Å². The Morgan fingerprint density at radius 2 is 2.05 bits per heavy atom. The maximum absolute atomic E-state index is 11.1. The molecule has 6 heteroatoms. The lowest BCUT2D eigenvalue weighted by atomic mass is 9.97. The minimum absolute atomic E-state index is 0.0848. The molecular weight excluding hydrogens is 278 g/mol. The standard InChI is InChI=1S/C14H21NO4S/c1-10(5-6-15)11-3-4-13(14(7-11)18-2)19-12-8-20(16,17)9-12/h3-4,7,10,12H,5-6,8-9,15H2,1-2H3. The van der Waals surface area contributed by atoms with E-state index in [9.17, 15) is 8.42 Å². The van der Waals surface area contributed by atoms with Crippen LogP contribution in [0.3, 0.4) is 0 Å². The van der Waals surface area contributed by atoms with E-state index in [1.54, 1.807) is 7.11 Å². The molecule has 2 rings (SSSR count). The zero-order chi connectivity index (χ0) is 14.8. The van der Waals surface area contributed by atoms with E-state index in [0.29, 0.717) is 24.0 Å². The van der Waals surface area contributed by atoms with Gasteiger partial charge in [0.15, 0.2) is 21.3 Å². The van der Waals surface area contributed by atoms with Gasteiger partial charge in [-0.25, -0.2) is 8.42 Å². The Kier molecular flexibility index (Phi) is 4.55. The van der Waals surface area contributed by atoms with Gasteiger partial charge in [0.1, 0.15) is 6.10 Å². The summed E-state index contributed by atoms with van der Waals surface area (Å²) < 4.78 is 33.3. The van der Waals surface area contributed by atoms with Crippen molar-refractivity contribution in [3.63, 3.8) is 0 Å². The number of hydrogen-bond donors (Lipinski definition) is 1. The molecule has 0 aromatic heterocycles. The summed E-state index contributed by atoms with van der Waals surface area (Å²) in [5.41, 5.74) is 6.71. The van der Waals surface area contributed by atoms with Gasteiger partial charge in [0.2, 0.25) is 0 Å². The number of hydrogen-bond acceptors (Lipinski definition) is 5. The van der Waals surface area contributed by atoms with Crippen LogP contribution in [0.2, 0.25) is 0 Å². The Morgan fingerprint density at radius 1 is 1.35 bits per heavy atom. The van der Waals surface area contributed by atoms with E-state index < -0.39 is 9.84 Å². The van der Waals surface area contributed by atoms with Crippen LogP contribution in [-0.2, 0) is 9.84 Å². The van der Waals surface area contributed by atoms with Gasteiger partial charge in [-0.1, -0.05) is 13.0 Å². The highest BCUT2D eigenvalue weighted by Crippen LogP contribution is 2.33. The average molecular weight is 299 g/mol. The predicted molar refractivity (Wildman–Crippen MR) is 78.2 cm³/mol. The maximum atomic E-state index is 11.1. The normalized spacial score (nSPS) is 19.1. The Hall–Kier alpha value is -1.27. The fourth-order valence-corrected chi connectivity index (χ4v) is 3.44. The second kappa shape index (κ2) is 6.01. The fourth-order valence-electron chi connectivity index (χ4n) is 2.27. The molecule has 5 nitrogen and oxygen atoms in total. The van der Waals surface area contributed by atoms with Crippen molar-refractivity contribution in [1.29, 1.82) is 0 Å². The number of methoxy groups -OCH3 is 1. The molecule has 1 aromatic carbocycles. The first-order valence-electron chi connectivity index (χ1n) is 6.70. The van der Waals surface area contributed by atoms with Gasteiger partial charge < -0.3 is 15.2 Å². The molecule has 1 aromatic rings. The van der Waals surface area contributed by atoms with Crippen LogP contribution in [-0.4, -0.2) is 39.7 Å².